The maximum absolute atomic E-state index is 14.5. The van der Waals surface area contributed by atoms with Gasteiger partial charge in [-0.15, -0.1) is 0 Å². The number of anilines is 3. The number of benzene rings is 2. The van der Waals surface area contributed by atoms with Crippen molar-refractivity contribution >= 4 is 51.7 Å². The minimum atomic E-state index is -1.15. The molecule has 1 fully saturated rings. The van der Waals surface area contributed by atoms with Gasteiger partial charge in [-0.25, -0.2) is 19.2 Å². The average Bonchev–Trinajstić information content (AvgIpc) is 3.33. The smallest absolute Gasteiger partial charge is 0.407 e. The van der Waals surface area contributed by atoms with Gasteiger partial charge < -0.3 is 25.2 Å². The molecule has 184 valence electrons. The summed E-state index contributed by atoms with van der Waals surface area (Å²) in [5, 5.41) is 15.5. The number of fused-ring (bicyclic) bond motifs is 1. The van der Waals surface area contributed by atoms with Crippen LogP contribution in [0.5, 0.6) is 5.75 Å². The zero-order valence-electron chi connectivity index (χ0n) is 18.8. The van der Waals surface area contributed by atoms with Gasteiger partial charge in [0.05, 0.1) is 28.5 Å². The Morgan fingerprint density at radius 3 is 2.86 bits per heavy atom. The van der Waals surface area contributed by atoms with E-state index in [0.29, 0.717) is 41.8 Å². The second-order valence-electron chi connectivity index (χ2n) is 7.78. The van der Waals surface area contributed by atoms with Crippen molar-refractivity contribution in [2.24, 2.45) is 0 Å². The number of likely N-dealkylation sites (tertiary alicyclic amines) is 1. The van der Waals surface area contributed by atoms with Crippen LogP contribution in [-0.4, -0.2) is 64.9 Å². The first kappa shape index (κ1) is 24.4. The number of nitrogens with zero attached hydrogens (tertiary/aromatic N) is 3. The standard InChI is InChI=1S/C23H23ClFN5O5/c1-34-8-9-35-19-11-16-13(10-17(19)29-22(31)18-6-3-7-30(18)23(32)33)21(27-12-26-16)28-15-5-2-4-14(24)20(15)25/h2,4-5,10-12,18H,3,6-9H2,1H3,(H,29,31)(H,32,33)(H,26,27,28). The zero-order chi connectivity index (χ0) is 24.9. The van der Waals surface area contributed by atoms with Crippen LogP contribution in [0.4, 0.5) is 26.4 Å². The van der Waals surface area contributed by atoms with E-state index in [-0.39, 0.29) is 29.7 Å². The minimum absolute atomic E-state index is 0.0466. The molecule has 0 radical (unpaired) electrons. The molecular formula is C23H23ClFN5O5. The van der Waals surface area contributed by atoms with E-state index >= 15 is 0 Å². The van der Waals surface area contributed by atoms with E-state index in [4.69, 9.17) is 21.1 Å². The van der Waals surface area contributed by atoms with Gasteiger partial charge in [-0.05, 0) is 31.0 Å². The maximum Gasteiger partial charge on any atom is 0.407 e. The normalized spacial score (nSPS) is 15.3. The number of carbonyl (C=O) groups excluding carboxylic acids is 1. The molecule has 1 atom stereocenters. The van der Waals surface area contributed by atoms with Crippen molar-refractivity contribution in [1.82, 2.24) is 14.9 Å². The average molecular weight is 504 g/mol. The molecule has 35 heavy (non-hydrogen) atoms. The fourth-order valence-corrected chi connectivity index (χ4v) is 4.02. The van der Waals surface area contributed by atoms with Crippen LogP contribution in [0.15, 0.2) is 36.7 Å². The summed E-state index contributed by atoms with van der Waals surface area (Å²) in [7, 11) is 1.53. The van der Waals surface area contributed by atoms with E-state index in [1.807, 2.05) is 0 Å². The molecule has 12 heteroatoms. The predicted molar refractivity (Wildman–Crippen MR) is 128 cm³/mol. The first-order valence-corrected chi connectivity index (χ1v) is 11.2. The number of carbonyl (C=O) groups is 2. The highest BCUT2D eigenvalue weighted by Crippen LogP contribution is 2.35. The maximum atomic E-state index is 14.5. The van der Waals surface area contributed by atoms with Gasteiger partial charge >= 0.3 is 6.09 Å². The third kappa shape index (κ3) is 5.36. The summed E-state index contributed by atoms with van der Waals surface area (Å²) in [6.45, 7) is 0.806. The summed E-state index contributed by atoms with van der Waals surface area (Å²) in [5.41, 5.74) is 0.884. The van der Waals surface area contributed by atoms with Crippen LogP contribution in [0.3, 0.4) is 0 Å². The summed E-state index contributed by atoms with van der Waals surface area (Å²) in [4.78, 5) is 34.1. The third-order valence-corrected chi connectivity index (χ3v) is 5.84. The van der Waals surface area contributed by atoms with E-state index in [0.717, 1.165) is 4.90 Å². The highest BCUT2D eigenvalue weighted by Gasteiger charge is 2.34. The molecule has 1 aromatic heterocycles. The Morgan fingerprint density at radius 1 is 1.26 bits per heavy atom. The van der Waals surface area contributed by atoms with Crippen LogP contribution in [-0.2, 0) is 9.53 Å². The van der Waals surface area contributed by atoms with Crippen molar-refractivity contribution in [1.29, 1.82) is 0 Å². The first-order valence-electron chi connectivity index (χ1n) is 10.8. The predicted octanol–water partition coefficient (Wildman–Crippen LogP) is 4.27. The molecule has 1 saturated heterocycles. The molecule has 0 bridgehead atoms. The zero-order valence-corrected chi connectivity index (χ0v) is 19.5. The molecule has 0 spiro atoms. The molecule has 0 saturated carbocycles. The number of amides is 2. The second kappa shape index (κ2) is 10.7. The molecule has 0 aliphatic carbocycles. The van der Waals surface area contributed by atoms with E-state index in [1.165, 1.54) is 25.6 Å². The van der Waals surface area contributed by atoms with Crippen LogP contribution in [0.2, 0.25) is 5.02 Å². The highest BCUT2D eigenvalue weighted by molar-refractivity contribution is 6.31. The molecule has 2 aromatic carbocycles. The van der Waals surface area contributed by atoms with Gasteiger partial charge in [0, 0.05) is 25.1 Å². The number of nitrogens with one attached hydrogen (secondary N) is 2. The van der Waals surface area contributed by atoms with Crippen molar-refractivity contribution in [3.63, 3.8) is 0 Å². The fraction of sp³-hybridized carbons (Fsp3) is 0.304. The van der Waals surface area contributed by atoms with Gasteiger partial charge in [-0.2, -0.15) is 0 Å². The number of rotatable bonds is 8. The summed E-state index contributed by atoms with van der Waals surface area (Å²) in [6.07, 6.45) is 1.16. The monoisotopic (exact) mass is 503 g/mol. The van der Waals surface area contributed by atoms with Gasteiger partial charge in [-0.3, -0.25) is 9.69 Å². The molecule has 2 heterocycles. The summed E-state index contributed by atoms with van der Waals surface area (Å²) < 4.78 is 25.3. The lowest BCUT2D eigenvalue weighted by Gasteiger charge is -2.22. The Kier molecular flexibility index (Phi) is 7.47. The van der Waals surface area contributed by atoms with Gasteiger partial charge in [0.15, 0.2) is 5.82 Å². The van der Waals surface area contributed by atoms with E-state index in [1.54, 1.807) is 18.2 Å². The number of hydrogen-bond acceptors (Lipinski definition) is 7. The number of aromatic nitrogens is 2. The Balaban J connectivity index is 1.71. The minimum Gasteiger partial charge on any atom is -0.489 e. The summed E-state index contributed by atoms with van der Waals surface area (Å²) in [6, 6.07) is 6.94. The van der Waals surface area contributed by atoms with E-state index in [9.17, 15) is 19.1 Å². The summed E-state index contributed by atoms with van der Waals surface area (Å²) >= 11 is 5.89. The molecule has 3 N–H and O–H groups in total. The van der Waals surface area contributed by atoms with Crippen LogP contribution < -0.4 is 15.4 Å². The summed E-state index contributed by atoms with van der Waals surface area (Å²) in [5.74, 6) is -0.512. The van der Waals surface area contributed by atoms with Gasteiger partial charge in [-0.1, -0.05) is 17.7 Å². The molecular weight excluding hydrogens is 481 g/mol. The number of carboxylic acid groups (broad SMARTS) is 1. The van der Waals surface area contributed by atoms with Crippen LogP contribution in [0.1, 0.15) is 12.8 Å². The lowest BCUT2D eigenvalue weighted by molar-refractivity contribution is -0.119. The molecule has 3 aromatic rings. The van der Waals surface area contributed by atoms with Gasteiger partial charge in [0.2, 0.25) is 5.91 Å². The largest absolute Gasteiger partial charge is 0.489 e. The van der Waals surface area contributed by atoms with Crippen LogP contribution >= 0.6 is 11.6 Å². The Hall–Kier alpha value is -3.70. The SMILES string of the molecule is COCCOc1cc2ncnc(Nc3cccc(Cl)c3F)c2cc1NC(=O)C1CCCN1C(=O)O. The Labute approximate surface area is 205 Å². The van der Waals surface area contributed by atoms with Gasteiger partial charge in [0.1, 0.15) is 30.5 Å². The molecule has 1 aliphatic heterocycles. The number of methoxy groups -OCH3 is 1. The van der Waals surface area contributed by atoms with Crippen molar-refractivity contribution in [3.05, 3.63) is 47.5 Å². The molecule has 1 unspecified atom stereocenters. The van der Waals surface area contributed by atoms with Crippen molar-refractivity contribution in [2.75, 3.05) is 37.5 Å². The van der Waals surface area contributed by atoms with Crippen LogP contribution in [0, 0.1) is 5.82 Å². The second-order valence-corrected chi connectivity index (χ2v) is 8.19. The fourth-order valence-electron chi connectivity index (χ4n) is 3.85. The van der Waals surface area contributed by atoms with Crippen molar-refractivity contribution in [2.45, 2.75) is 18.9 Å². The number of ether oxygens (including phenoxy) is 2. The number of hydrogen-bond donors (Lipinski definition) is 3. The van der Waals surface area contributed by atoms with Gasteiger partial charge in [0.25, 0.3) is 0 Å². The Bertz CT molecular complexity index is 1260. The molecule has 10 nitrogen and oxygen atoms in total. The topological polar surface area (TPSA) is 126 Å². The molecule has 4 rings (SSSR count). The molecule has 1 aliphatic rings. The van der Waals surface area contributed by atoms with E-state index < -0.39 is 23.9 Å². The third-order valence-electron chi connectivity index (χ3n) is 5.55. The molecule has 2 amide bonds. The van der Waals surface area contributed by atoms with Crippen molar-refractivity contribution in [3.8, 4) is 5.75 Å². The van der Waals surface area contributed by atoms with E-state index in [2.05, 4.69) is 20.6 Å². The quantitative estimate of drug-likeness (QED) is 0.389. The first-order chi connectivity index (χ1) is 16.9. The van der Waals surface area contributed by atoms with Crippen molar-refractivity contribution < 1.29 is 28.6 Å². The van der Waals surface area contributed by atoms with Crippen LogP contribution in [0.25, 0.3) is 10.9 Å². The lowest BCUT2D eigenvalue weighted by Crippen LogP contribution is -2.42. The Morgan fingerprint density at radius 2 is 2.09 bits per heavy atom. The highest BCUT2D eigenvalue weighted by atomic mass is 35.5. The lowest BCUT2D eigenvalue weighted by atomic mass is 10.1. The number of halogens is 2.